The van der Waals surface area contributed by atoms with Crippen LogP contribution in [0.25, 0.3) is 0 Å². The minimum absolute atomic E-state index is 0.308. The highest BCUT2D eigenvalue weighted by Gasteiger charge is 2.19. The number of aliphatic carboxylic acids is 1. The Morgan fingerprint density at radius 3 is 1.86 bits per heavy atom. The first-order valence-corrected chi connectivity index (χ1v) is 4.29. The molecule has 0 aliphatic rings. The van der Waals surface area contributed by atoms with Gasteiger partial charge in [0.1, 0.15) is 0 Å². The van der Waals surface area contributed by atoms with Crippen molar-refractivity contribution in [3.8, 4) is 0 Å². The highest BCUT2D eigenvalue weighted by Crippen LogP contribution is 2.16. The van der Waals surface area contributed by atoms with E-state index < -0.39 is 11.8 Å². The predicted molar refractivity (Wildman–Crippen MR) is 52.6 cm³/mol. The first-order valence-electron chi connectivity index (χ1n) is 4.29. The van der Waals surface area contributed by atoms with E-state index in [0.717, 1.165) is 16.7 Å². The first kappa shape index (κ1) is 10.4. The lowest BCUT2D eigenvalue weighted by Gasteiger charge is -2.07. The fourth-order valence-electron chi connectivity index (χ4n) is 1.65. The molecule has 3 nitrogen and oxygen atoms in total. The fourth-order valence-corrected chi connectivity index (χ4v) is 1.65. The number of carboxylic acid groups (broad SMARTS) is 1. The molecule has 0 heterocycles. The number of carboxylic acids is 1. The fraction of sp³-hybridized carbons (Fsp3) is 0.273. The SMILES string of the molecule is Cc1cc(C)c(C(=O)C(=O)O)c(C)c1. The number of aryl methyl sites for hydroxylation is 3. The maximum Gasteiger partial charge on any atom is 0.377 e. The summed E-state index contributed by atoms with van der Waals surface area (Å²) in [6.45, 7) is 5.40. The Bertz CT molecular complexity index is 382. The first-order chi connectivity index (χ1) is 6.43. The summed E-state index contributed by atoms with van der Waals surface area (Å²) in [5, 5.41) is 8.60. The zero-order valence-electron chi connectivity index (χ0n) is 8.42. The lowest BCUT2D eigenvalue weighted by molar-refractivity contribution is -0.131. The van der Waals surface area contributed by atoms with Gasteiger partial charge in [0.05, 0.1) is 0 Å². The molecule has 0 bridgehead atoms. The molecule has 1 rings (SSSR count). The van der Waals surface area contributed by atoms with Gasteiger partial charge in [0.15, 0.2) is 0 Å². The molecule has 14 heavy (non-hydrogen) atoms. The van der Waals surface area contributed by atoms with Crippen LogP contribution in [0.4, 0.5) is 0 Å². The number of rotatable bonds is 2. The molecule has 0 saturated carbocycles. The van der Waals surface area contributed by atoms with Crippen molar-refractivity contribution in [1.82, 2.24) is 0 Å². The van der Waals surface area contributed by atoms with Crippen molar-refractivity contribution >= 4 is 11.8 Å². The van der Waals surface area contributed by atoms with Crippen LogP contribution in [-0.4, -0.2) is 16.9 Å². The minimum atomic E-state index is -1.40. The Kier molecular flexibility index (Phi) is 2.70. The van der Waals surface area contributed by atoms with Gasteiger partial charge in [-0.25, -0.2) is 4.79 Å². The topological polar surface area (TPSA) is 54.4 Å². The van der Waals surface area contributed by atoms with Gasteiger partial charge in [-0.1, -0.05) is 17.7 Å². The molecule has 3 heteroatoms. The Morgan fingerprint density at radius 2 is 1.50 bits per heavy atom. The summed E-state index contributed by atoms with van der Waals surface area (Å²) in [7, 11) is 0. The third-order valence-corrected chi connectivity index (χ3v) is 2.10. The van der Waals surface area contributed by atoms with Gasteiger partial charge in [0.2, 0.25) is 0 Å². The van der Waals surface area contributed by atoms with E-state index in [1.54, 1.807) is 13.8 Å². The van der Waals surface area contributed by atoms with E-state index in [0.29, 0.717) is 5.56 Å². The molecule has 0 atom stereocenters. The zero-order valence-corrected chi connectivity index (χ0v) is 8.42. The van der Waals surface area contributed by atoms with Crippen LogP contribution >= 0.6 is 0 Å². The number of carbonyl (C=O) groups excluding carboxylic acids is 1. The maximum absolute atomic E-state index is 11.3. The van der Waals surface area contributed by atoms with Crippen LogP contribution in [0.2, 0.25) is 0 Å². The highest BCUT2D eigenvalue weighted by atomic mass is 16.4. The molecular weight excluding hydrogens is 180 g/mol. The van der Waals surface area contributed by atoms with Crippen LogP contribution in [0.1, 0.15) is 27.0 Å². The number of carbonyl (C=O) groups is 2. The van der Waals surface area contributed by atoms with Gasteiger partial charge in [0.25, 0.3) is 5.78 Å². The normalized spacial score (nSPS) is 9.93. The molecule has 1 aromatic carbocycles. The summed E-state index contributed by atoms with van der Waals surface area (Å²) in [6.07, 6.45) is 0. The molecule has 0 spiro atoms. The highest BCUT2D eigenvalue weighted by molar-refractivity contribution is 6.40. The minimum Gasteiger partial charge on any atom is -0.475 e. The van der Waals surface area contributed by atoms with E-state index in [-0.39, 0.29) is 0 Å². The van der Waals surface area contributed by atoms with Crippen molar-refractivity contribution in [1.29, 1.82) is 0 Å². The number of benzene rings is 1. The Morgan fingerprint density at radius 1 is 1.07 bits per heavy atom. The second-order valence-electron chi connectivity index (χ2n) is 3.41. The number of Topliss-reactive ketones (excluding diaryl/α,β-unsaturated/α-hetero) is 1. The third kappa shape index (κ3) is 1.82. The monoisotopic (exact) mass is 192 g/mol. The standard InChI is InChI=1S/C11H12O3/c1-6-4-7(2)9(8(3)5-6)10(12)11(13)14/h4-5H,1-3H3,(H,13,14). The molecule has 0 unspecified atom stereocenters. The second-order valence-corrected chi connectivity index (χ2v) is 3.41. The summed E-state index contributed by atoms with van der Waals surface area (Å²) >= 11 is 0. The molecule has 0 aliphatic carbocycles. The molecule has 74 valence electrons. The van der Waals surface area contributed by atoms with Crippen LogP contribution in [0.5, 0.6) is 0 Å². The van der Waals surface area contributed by atoms with Gasteiger partial charge >= 0.3 is 5.97 Å². The van der Waals surface area contributed by atoms with E-state index >= 15 is 0 Å². The van der Waals surface area contributed by atoms with E-state index in [1.165, 1.54) is 0 Å². The van der Waals surface area contributed by atoms with Crippen molar-refractivity contribution in [3.63, 3.8) is 0 Å². The largest absolute Gasteiger partial charge is 0.475 e. The smallest absolute Gasteiger partial charge is 0.377 e. The van der Waals surface area contributed by atoms with Crippen molar-refractivity contribution in [2.45, 2.75) is 20.8 Å². The van der Waals surface area contributed by atoms with Crippen LogP contribution < -0.4 is 0 Å². The van der Waals surface area contributed by atoms with E-state index in [2.05, 4.69) is 0 Å². The van der Waals surface area contributed by atoms with Crippen LogP contribution in [-0.2, 0) is 4.79 Å². The van der Waals surface area contributed by atoms with Gasteiger partial charge in [-0.05, 0) is 31.9 Å². The molecule has 0 fully saturated rings. The summed E-state index contributed by atoms with van der Waals surface area (Å²) in [5.74, 6) is -2.24. The van der Waals surface area contributed by atoms with Crippen molar-refractivity contribution in [2.24, 2.45) is 0 Å². The molecule has 0 amide bonds. The number of hydrogen-bond acceptors (Lipinski definition) is 2. The van der Waals surface area contributed by atoms with Gasteiger partial charge in [-0.15, -0.1) is 0 Å². The van der Waals surface area contributed by atoms with Crippen LogP contribution in [0.3, 0.4) is 0 Å². The summed E-state index contributed by atoms with van der Waals surface area (Å²) in [6, 6.07) is 3.62. The molecule has 1 N–H and O–H groups in total. The molecule has 0 saturated heterocycles. The van der Waals surface area contributed by atoms with Crippen molar-refractivity contribution in [2.75, 3.05) is 0 Å². The average molecular weight is 192 g/mol. The van der Waals surface area contributed by atoms with Gasteiger partial charge in [-0.2, -0.15) is 0 Å². The van der Waals surface area contributed by atoms with E-state index in [4.69, 9.17) is 5.11 Å². The van der Waals surface area contributed by atoms with Gasteiger partial charge in [0, 0.05) is 5.56 Å². The van der Waals surface area contributed by atoms with Crippen molar-refractivity contribution in [3.05, 3.63) is 34.4 Å². The second kappa shape index (κ2) is 3.62. The molecule has 0 aliphatic heterocycles. The molecule has 1 aromatic rings. The Labute approximate surface area is 82.4 Å². The average Bonchev–Trinajstić information content (AvgIpc) is 2.01. The zero-order chi connectivity index (χ0) is 10.9. The lowest BCUT2D eigenvalue weighted by atomic mass is 9.97. The quantitative estimate of drug-likeness (QED) is 0.575. The summed E-state index contributed by atoms with van der Waals surface area (Å²) in [4.78, 5) is 21.8. The number of ketones is 1. The summed E-state index contributed by atoms with van der Waals surface area (Å²) < 4.78 is 0. The Balaban J connectivity index is 3.35. The third-order valence-electron chi connectivity index (χ3n) is 2.10. The van der Waals surface area contributed by atoms with Crippen molar-refractivity contribution < 1.29 is 14.7 Å². The summed E-state index contributed by atoms with van der Waals surface area (Å²) in [5.41, 5.74) is 2.77. The molecular formula is C11H12O3. The molecule has 0 aromatic heterocycles. The van der Waals surface area contributed by atoms with Gasteiger partial charge in [-0.3, -0.25) is 4.79 Å². The van der Waals surface area contributed by atoms with E-state index in [9.17, 15) is 9.59 Å². The van der Waals surface area contributed by atoms with E-state index in [1.807, 2.05) is 19.1 Å². The van der Waals surface area contributed by atoms with Gasteiger partial charge < -0.3 is 5.11 Å². The lowest BCUT2D eigenvalue weighted by Crippen LogP contribution is -2.15. The molecule has 0 radical (unpaired) electrons. The predicted octanol–water partition coefficient (Wildman–Crippen LogP) is 1.88. The van der Waals surface area contributed by atoms with Crippen LogP contribution in [0.15, 0.2) is 12.1 Å². The van der Waals surface area contributed by atoms with Crippen LogP contribution in [0, 0.1) is 20.8 Å². The maximum atomic E-state index is 11.3. The Hall–Kier alpha value is -1.64. The number of hydrogen-bond donors (Lipinski definition) is 1.